The number of benzene rings is 1. The lowest BCUT2D eigenvalue weighted by atomic mass is 10.1. The maximum Gasteiger partial charge on any atom is 0.123 e. The van der Waals surface area contributed by atoms with Crippen LogP contribution in [-0.2, 0) is 0 Å². The first-order valence-corrected chi connectivity index (χ1v) is 6.11. The van der Waals surface area contributed by atoms with Gasteiger partial charge in [-0.15, -0.1) is 0 Å². The third-order valence-corrected chi connectivity index (χ3v) is 3.97. The predicted molar refractivity (Wildman–Crippen MR) is 61.1 cm³/mol. The van der Waals surface area contributed by atoms with Crippen LogP contribution in [0.1, 0.15) is 19.3 Å². The summed E-state index contributed by atoms with van der Waals surface area (Å²) in [5.41, 5.74) is 0.689. The maximum atomic E-state index is 12.7. The first-order valence-electron chi connectivity index (χ1n) is 5.03. The van der Waals surface area contributed by atoms with Gasteiger partial charge < -0.3 is 0 Å². The van der Waals surface area contributed by atoms with E-state index in [0.29, 0.717) is 5.66 Å². The smallest absolute Gasteiger partial charge is 0.123 e. The Labute approximate surface area is 86.0 Å². The Bertz CT molecular complexity index is 316. The number of rotatable bonds is 2. The van der Waals surface area contributed by atoms with Crippen LogP contribution in [0.4, 0.5) is 4.39 Å². The second kappa shape index (κ2) is 4.70. The minimum Gasteiger partial charge on any atom is -0.207 e. The second-order valence-corrected chi connectivity index (χ2v) is 5.22. The van der Waals surface area contributed by atoms with E-state index in [9.17, 15) is 4.39 Å². The molecule has 2 unspecified atom stereocenters. The van der Waals surface area contributed by atoms with E-state index in [4.69, 9.17) is 0 Å². The van der Waals surface area contributed by atoms with E-state index in [0.717, 1.165) is 8.58 Å². The Morgan fingerprint density at radius 3 is 2.64 bits per heavy atom. The lowest BCUT2D eigenvalue weighted by Crippen LogP contribution is -2.06. The molecule has 0 amide bonds. The third-order valence-electron chi connectivity index (χ3n) is 2.45. The molecule has 1 aliphatic carbocycles. The van der Waals surface area contributed by atoms with Crippen LogP contribution in [-0.4, -0.2) is 5.66 Å². The summed E-state index contributed by atoms with van der Waals surface area (Å²) in [6, 6.07) is 6.90. The summed E-state index contributed by atoms with van der Waals surface area (Å²) in [7, 11) is 0.797. The summed E-state index contributed by atoms with van der Waals surface area (Å²) in [5, 5.41) is 1.27. The summed E-state index contributed by atoms with van der Waals surface area (Å²) in [4.78, 5) is 0. The highest BCUT2D eigenvalue weighted by atomic mass is 31.1. The second-order valence-electron chi connectivity index (χ2n) is 3.62. The number of hydrogen-bond donors (Lipinski definition) is 0. The van der Waals surface area contributed by atoms with E-state index in [1.165, 1.54) is 24.6 Å². The fourth-order valence-corrected chi connectivity index (χ4v) is 3.06. The normalized spacial score (nSPS) is 21.9. The summed E-state index contributed by atoms with van der Waals surface area (Å²) in [6.45, 7) is 0. The van der Waals surface area contributed by atoms with E-state index in [1.54, 1.807) is 12.1 Å². The van der Waals surface area contributed by atoms with E-state index >= 15 is 0 Å². The van der Waals surface area contributed by atoms with Crippen LogP contribution in [0.5, 0.6) is 0 Å². The lowest BCUT2D eigenvalue weighted by Gasteiger charge is -2.16. The molecule has 0 saturated heterocycles. The van der Waals surface area contributed by atoms with Gasteiger partial charge in [0.1, 0.15) is 5.82 Å². The van der Waals surface area contributed by atoms with Gasteiger partial charge in [0.05, 0.1) is 0 Å². The minimum absolute atomic E-state index is 0.141. The first-order chi connectivity index (χ1) is 6.84. The summed E-state index contributed by atoms with van der Waals surface area (Å²) < 4.78 is 12.7. The summed E-state index contributed by atoms with van der Waals surface area (Å²) >= 11 is 0. The van der Waals surface area contributed by atoms with Crippen LogP contribution in [0.3, 0.4) is 0 Å². The molecule has 1 aliphatic rings. The quantitative estimate of drug-likeness (QED) is 0.516. The molecule has 0 nitrogen and oxygen atoms in total. The van der Waals surface area contributed by atoms with Gasteiger partial charge in [0.25, 0.3) is 0 Å². The molecular weight excluding hydrogens is 193 g/mol. The van der Waals surface area contributed by atoms with Crippen molar-refractivity contribution < 1.29 is 4.39 Å². The molecule has 2 atom stereocenters. The summed E-state index contributed by atoms with van der Waals surface area (Å²) in [5.74, 6) is -0.141. The van der Waals surface area contributed by atoms with Crippen LogP contribution in [0.2, 0.25) is 0 Å². The SMILES string of the molecule is [18F]c1ccc(PC2C=CCCC2)cc1. The average molecular weight is 207 g/mol. The number of hydrogen-bond acceptors (Lipinski definition) is 0. The average Bonchev–Trinajstić information content (AvgIpc) is 2.23. The molecule has 2 rings (SSSR count). The summed E-state index contributed by atoms with van der Waals surface area (Å²) in [6.07, 6.45) is 8.39. The van der Waals surface area contributed by atoms with Gasteiger partial charge in [-0.2, -0.15) is 0 Å². The van der Waals surface area contributed by atoms with Crippen molar-refractivity contribution in [3.8, 4) is 0 Å². The lowest BCUT2D eigenvalue weighted by molar-refractivity contribution is 0.628. The Kier molecular flexibility index (Phi) is 3.31. The van der Waals surface area contributed by atoms with Crippen molar-refractivity contribution >= 4 is 13.9 Å². The van der Waals surface area contributed by atoms with Crippen molar-refractivity contribution in [2.45, 2.75) is 24.9 Å². The fourth-order valence-electron chi connectivity index (χ4n) is 1.69. The van der Waals surface area contributed by atoms with E-state index in [1.807, 2.05) is 12.1 Å². The Morgan fingerprint density at radius 1 is 1.21 bits per heavy atom. The minimum atomic E-state index is -0.141. The van der Waals surface area contributed by atoms with Crippen molar-refractivity contribution in [2.75, 3.05) is 0 Å². The highest BCUT2D eigenvalue weighted by Crippen LogP contribution is 2.27. The van der Waals surface area contributed by atoms with Crippen LogP contribution in [0.25, 0.3) is 0 Å². The van der Waals surface area contributed by atoms with Crippen molar-refractivity contribution in [3.05, 3.63) is 42.2 Å². The van der Waals surface area contributed by atoms with Crippen LogP contribution in [0.15, 0.2) is 36.4 Å². The van der Waals surface area contributed by atoms with Crippen molar-refractivity contribution in [1.82, 2.24) is 0 Å². The highest BCUT2D eigenvalue weighted by Gasteiger charge is 2.08. The molecule has 0 bridgehead atoms. The largest absolute Gasteiger partial charge is 0.207 e. The van der Waals surface area contributed by atoms with Gasteiger partial charge >= 0.3 is 0 Å². The van der Waals surface area contributed by atoms with Gasteiger partial charge in [-0.1, -0.05) is 32.9 Å². The molecule has 1 aromatic carbocycles. The van der Waals surface area contributed by atoms with Crippen molar-refractivity contribution in [1.29, 1.82) is 0 Å². The molecule has 0 radical (unpaired) electrons. The van der Waals surface area contributed by atoms with Gasteiger partial charge in [-0.3, -0.25) is 0 Å². The topological polar surface area (TPSA) is 0 Å². The third kappa shape index (κ3) is 2.65. The van der Waals surface area contributed by atoms with Gasteiger partial charge in [0.2, 0.25) is 0 Å². The number of halogens is 1. The molecule has 0 heterocycles. The first kappa shape index (κ1) is 9.86. The Hall–Kier alpha value is -0.680. The Morgan fingerprint density at radius 2 is 2.00 bits per heavy atom. The van der Waals surface area contributed by atoms with Crippen molar-refractivity contribution in [3.63, 3.8) is 0 Å². The zero-order valence-corrected chi connectivity index (χ0v) is 9.04. The molecule has 14 heavy (non-hydrogen) atoms. The van der Waals surface area contributed by atoms with Crippen LogP contribution in [0, 0.1) is 5.82 Å². The highest BCUT2D eigenvalue weighted by molar-refractivity contribution is 7.48. The maximum absolute atomic E-state index is 12.7. The zero-order valence-electron chi connectivity index (χ0n) is 8.04. The molecular formula is C12H14FP. The molecule has 0 fully saturated rings. The predicted octanol–water partition coefficient (Wildman–Crippen LogP) is 3.24. The number of allylic oxidation sites excluding steroid dienone is 2. The fraction of sp³-hybridized carbons (Fsp3) is 0.333. The molecule has 0 spiro atoms. The van der Waals surface area contributed by atoms with Crippen LogP contribution < -0.4 is 5.30 Å². The van der Waals surface area contributed by atoms with Gasteiger partial charge in [0, 0.05) is 0 Å². The van der Waals surface area contributed by atoms with Gasteiger partial charge in [0.15, 0.2) is 0 Å². The van der Waals surface area contributed by atoms with Gasteiger partial charge in [-0.25, -0.2) is 4.39 Å². The zero-order chi connectivity index (χ0) is 9.80. The molecule has 1 aromatic rings. The van der Waals surface area contributed by atoms with E-state index in [-0.39, 0.29) is 5.82 Å². The Balaban J connectivity index is 1.99. The molecule has 0 aliphatic heterocycles. The molecule has 2 heteroatoms. The monoisotopic (exact) mass is 207 g/mol. The van der Waals surface area contributed by atoms with Crippen molar-refractivity contribution in [2.24, 2.45) is 0 Å². The standard InChI is InChI=1S/C12H14FP/c13-10-6-8-12(9-7-10)14-11-4-2-1-3-5-11/h2,4,6-9,11,14H,1,3,5H2/i13-1. The van der Waals surface area contributed by atoms with E-state index in [2.05, 4.69) is 12.2 Å². The molecule has 0 saturated carbocycles. The molecule has 0 N–H and O–H groups in total. The molecule has 74 valence electrons. The molecule has 0 aromatic heterocycles. The van der Waals surface area contributed by atoms with E-state index < -0.39 is 0 Å². The van der Waals surface area contributed by atoms with Gasteiger partial charge in [-0.05, 0) is 42.4 Å². The van der Waals surface area contributed by atoms with Crippen LogP contribution >= 0.6 is 8.58 Å².